The number of hydrogen-bond donors (Lipinski definition) is 1. The summed E-state index contributed by atoms with van der Waals surface area (Å²) in [6.07, 6.45) is 1.32. The van der Waals surface area contributed by atoms with E-state index in [1.54, 1.807) is 29.2 Å². The van der Waals surface area contributed by atoms with Crippen molar-refractivity contribution >= 4 is 29.2 Å². The van der Waals surface area contributed by atoms with E-state index in [1.165, 1.54) is 4.90 Å². The number of rotatable bonds is 4. The van der Waals surface area contributed by atoms with E-state index in [0.717, 1.165) is 17.7 Å². The fourth-order valence-electron chi connectivity index (χ4n) is 3.94. The lowest BCUT2D eigenvalue weighted by Gasteiger charge is -2.30. The molecule has 1 N–H and O–H groups in total. The molecule has 0 radical (unpaired) electrons. The van der Waals surface area contributed by atoms with Crippen LogP contribution in [0, 0.1) is 0 Å². The quantitative estimate of drug-likeness (QED) is 0.904. The van der Waals surface area contributed by atoms with Crippen molar-refractivity contribution in [1.82, 2.24) is 0 Å². The van der Waals surface area contributed by atoms with Crippen molar-refractivity contribution in [2.75, 3.05) is 22.9 Å². The van der Waals surface area contributed by atoms with E-state index < -0.39 is 11.9 Å². The monoisotopic (exact) mass is 364 g/mol. The first-order valence-electron chi connectivity index (χ1n) is 9.06. The van der Waals surface area contributed by atoms with E-state index in [9.17, 15) is 19.5 Å². The highest BCUT2D eigenvalue weighted by molar-refractivity contribution is 6.01. The molecular formula is C21H20N2O4. The van der Waals surface area contributed by atoms with Gasteiger partial charge >= 0.3 is 5.97 Å². The maximum absolute atomic E-state index is 12.8. The normalized spacial score (nSPS) is 18.2. The Labute approximate surface area is 157 Å². The van der Waals surface area contributed by atoms with Crippen LogP contribution in [0.1, 0.15) is 29.9 Å². The SMILES string of the molecule is O=C(O)C1CN(C(=O)CCN2C(=O)CCc3ccccc32)c2ccccc21. The third-order valence-corrected chi connectivity index (χ3v) is 5.31. The van der Waals surface area contributed by atoms with Crippen LogP contribution in [-0.4, -0.2) is 36.0 Å². The Kier molecular flexibility index (Phi) is 4.39. The van der Waals surface area contributed by atoms with Crippen LogP contribution in [0.2, 0.25) is 0 Å². The lowest BCUT2D eigenvalue weighted by molar-refractivity contribution is -0.138. The molecule has 1 atom stereocenters. The first-order valence-corrected chi connectivity index (χ1v) is 9.06. The molecule has 0 bridgehead atoms. The van der Waals surface area contributed by atoms with Gasteiger partial charge in [0.15, 0.2) is 0 Å². The number of para-hydroxylation sites is 2. The average molecular weight is 364 g/mol. The number of aryl methyl sites for hydroxylation is 1. The molecule has 0 saturated carbocycles. The van der Waals surface area contributed by atoms with Gasteiger partial charge in [-0.25, -0.2) is 0 Å². The molecule has 0 fully saturated rings. The maximum atomic E-state index is 12.8. The maximum Gasteiger partial charge on any atom is 0.312 e. The Balaban J connectivity index is 1.51. The zero-order chi connectivity index (χ0) is 19.0. The molecule has 2 amide bonds. The van der Waals surface area contributed by atoms with Gasteiger partial charge in [-0.1, -0.05) is 36.4 Å². The predicted molar refractivity (Wildman–Crippen MR) is 101 cm³/mol. The molecule has 2 aliphatic heterocycles. The van der Waals surface area contributed by atoms with Gasteiger partial charge < -0.3 is 14.9 Å². The predicted octanol–water partition coefficient (Wildman–Crippen LogP) is 2.57. The number of fused-ring (bicyclic) bond motifs is 2. The molecule has 2 aromatic carbocycles. The number of amides is 2. The Bertz CT molecular complexity index is 924. The summed E-state index contributed by atoms with van der Waals surface area (Å²) in [5.41, 5.74) is 3.30. The fraction of sp³-hybridized carbons (Fsp3) is 0.286. The fourth-order valence-corrected chi connectivity index (χ4v) is 3.94. The third kappa shape index (κ3) is 3.07. The van der Waals surface area contributed by atoms with Crippen molar-refractivity contribution < 1.29 is 19.5 Å². The minimum atomic E-state index is -0.933. The van der Waals surface area contributed by atoms with Crippen LogP contribution >= 0.6 is 0 Å². The third-order valence-electron chi connectivity index (χ3n) is 5.31. The van der Waals surface area contributed by atoms with Gasteiger partial charge in [-0.05, 0) is 29.7 Å². The lowest BCUT2D eigenvalue weighted by Crippen LogP contribution is -2.39. The molecule has 138 valence electrons. The topological polar surface area (TPSA) is 77.9 Å². The Morgan fingerprint density at radius 2 is 1.70 bits per heavy atom. The number of carbonyl (C=O) groups is 3. The van der Waals surface area contributed by atoms with Crippen LogP contribution in [0.25, 0.3) is 0 Å². The molecule has 4 rings (SSSR count). The Morgan fingerprint density at radius 1 is 1.00 bits per heavy atom. The van der Waals surface area contributed by atoms with Gasteiger partial charge in [-0.2, -0.15) is 0 Å². The number of carbonyl (C=O) groups excluding carboxylic acids is 2. The van der Waals surface area contributed by atoms with Crippen LogP contribution in [0.15, 0.2) is 48.5 Å². The van der Waals surface area contributed by atoms with E-state index in [1.807, 2.05) is 24.3 Å². The smallest absolute Gasteiger partial charge is 0.312 e. The summed E-state index contributed by atoms with van der Waals surface area (Å²) in [5.74, 6) is -1.78. The van der Waals surface area contributed by atoms with Crippen molar-refractivity contribution in [2.24, 2.45) is 0 Å². The summed E-state index contributed by atoms with van der Waals surface area (Å²) in [6.45, 7) is 0.434. The highest BCUT2D eigenvalue weighted by Crippen LogP contribution is 2.36. The molecule has 2 aromatic rings. The molecule has 0 aliphatic carbocycles. The summed E-state index contributed by atoms with van der Waals surface area (Å²) in [6, 6.07) is 14.9. The second-order valence-corrected chi connectivity index (χ2v) is 6.88. The van der Waals surface area contributed by atoms with Gasteiger partial charge in [-0.15, -0.1) is 0 Å². The van der Waals surface area contributed by atoms with Crippen molar-refractivity contribution in [2.45, 2.75) is 25.2 Å². The van der Waals surface area contributed by atoms with Crippen molar-refractivity contribution in [3.05, 3.63) is 59.7 Å². The largest absolute Gasteiger partial charge is 0.481 e. The molecule has 27 heavy (non-hydrogen) atoms. The first-order chi connectivity index (χ1) is 13.1. The van der Waals surface area contributed by atoms with Gasteiger partial charge in [0.1, 0.15) is 5.92 Å². The molecule has 1 unspecified atom stereocenters. The van der Waals surface area contributed by atoms with Crippen molar-refractivity contribution in [3.63, 3.8) is 0 Å². The standard InChI is InChI=1S/C21H20N2O4/c24-19-10-9-14-5-1-3-7-17(14)22(19)12-11-20(25)23-13-16(21(26)27)15-6-2-4-8-18(15)23/h1-8,16H,9-13H2,(H,26,27). The number of nitrogens with zero attached hydrogens (tertiary/aromatic N) is 2. The Hall–Kier alpha value is -3.15. The molecule has 0 aromatic heterocycles. The summed E-state index contributed by atoms with van der Waals surface area (Å²) in [5, 5.41) is 9.45. The number of carboxylic acid groups (broad SMARTS) is 1. The van der Waals surface area contributed by atoms with E-state index in [2.05, 4.69) is 0 Å². The van der Waals surface area contributed by atoms with E-state index >= 15 is 0 Å². The Morgan fingerprint density at radius 3 is 2.48 bits per heavy atom. The highest BCUT2D eigenvalue weighted by atomic mass is 16.4. The zero-order valence-electron chi connectivity index (χ0n) is 14.8. The number of carboxylic acids is 1. The molecule has 0 spiro atoms. The van der Waals surface area contributed by atoms with Crippen LogP contribution in [0.5, 0.6) is 0 Å². The molecule has 2 aliphatic rings. The molecule has 6 nitrogen and oxygen atoms in total. The average Bonchev–Trinajstić information content (AvgIpc) is 3.07. The van der Waals surface area contributed by atoms with E-state index in [0.29, 0.717) is 24.2 Å². The second kappa shape index (κ2) is 6.87. The van der Waals surface area contributed by atoms with E-state index in [4.69, 9.17) is 0 Å². The number of anilines is 2. The minimum absolute atomic E-state index is 0.0201. The van der Waals surface area contributed by atoms with Gasteiger partial charge in [0, 0.05) is 37.3 Å². The molecule has 2 heterocycles. The van der Waals surface area contributed by atoms with Crippen molar-refractivity contribution in [1.29, 1.82) is 0 Å². The summed E-state index contributed by atoms with van der Waals surface area (Å²) < 4.78 is 0. The van der Waals surface area contributed by atoms with Crippen molar-refractivity contribution in [3.8, 4) is 0 Å². The molecule has 0 saturated heterocycles. The van der Waals surface area contributed by atoms with Crippen LogP contribution in [0.3, 0.4) is 0 Å². The number of benzene rings is 2. The minimum Gasteiger partial charge on any atom is -0.481 e. The van der Waals surface area contributed by atoms with E-state index in [-0.39, 0.29) is 24.8 Å². The van der Waals surface area contributed by atoms with Gasteiger partial charge in [0.25, 0.3) is 0 Å². The number of hydrogen-bond acceptors (Lipinski definition) is 3. The van der Waals surface area contributed by atoms with Gasteiger partial charge in [-0.3, -0.25) is 14.4 Å². The van der Waals surface area contributed by atoms with Gasteiger partial charge in [0.2, 0.25) is 11.8 Å². The molecule has 6 heteroatoms. The lowest BCUT2D eigenvalue weighted by atomic mass is 10.0. The summed E-state index contributed by atoms with van der Waals surface area (Å²) in [4.78, 5) is 39.9. The van der Waals surface area contributed by atoms with Crippen LogP contribution < -0.4 is 9.80 Å². The van der Waals surface area contributed by atoms with Crippen LogP contribution in [-0.2, 0) is 20.8 Å². The molecular weight excluding hydrogens is 344 g/mol. The second-order valence-electron chi connectivity index (χ2n) is 6.88. The van der Waals surface area contributed by atoms with Gasteiger partial charge in [0.05, 0.1) is 0 Å². The zero-order valence-corrected chi connectivity index (χ0v) is 14.8. The summed E-state index contributed by atoms with van der Waals surface area (Å²) in [7, 11) is 0. The first kappa shape index (κ1) is 17.3. The summed E-state index contributed by atoms with van der Waals surface area (Å²) >= 11 is 0. The number of aliphatic carboxylic acids is 1. The van der Waals surface area contributed by atoms with Crippen LogP contribution in [0.4, 0.5) is 11.4 Å². The highest BCUT2D eigenvalue weighted by Gasteiger charge is 2.36.